The normalized spacial score (nSPS) is 24.3. The summed E-state index contributed by atoms with van der Waals surface area (Å²) in [5.74, 6) is 1.03. The smallest absolute Gasteiger partial charge is 0.143 e. The summed E-state index contributed by atoms with van der Waals surface area (Å²) in [6, 6.07) is 5.11. The predicted octanol–water partition coefficient (Wildman–Crippen LogP) is 1.80. The number of hydrogen-bond donors (Lipinski definition) is 1. The minimum Gasteiger partial charge on any atom is -0.377 e. The molecule has 1 atom stereocenters. The van der Waals surface area contributed by atoms with E-state index in [0.717, 1.165) is 42.6 Å². The Morgan fingerprint density at radius 1 is 1.50 bits per heavy atom. The third-order valence-electron chi connectivity index (χ3n) is 3.46. The van der Waals surface area contributed by atoms with Crippen molar-refractivity contribution in [1.82, 2.24) is 10.3 Å². The van der Waals surface area contributed by atoms with Crippen molar-refractivity contribution in [3.63, 3.8) is 0 Å². The van der Waals surface area contributed by atoms with E-state index in [4.69, 9.17) is 4.74 Å². The molecule has 5 heteroatoms. The fourth-order valence-corrected chi connectivity index (χ4v) is 2.76. The van der Waals surface area contributed by atoms with Crippen LogP contribution in [-0.4, -0.2) is 43.4 Å². The first-order chi connectivity index (χ1) is 8.84. The summed E-state index contributed by atoms with van der Waals surface area (Å²) in [6.45, 7) is 3.45. The van der Waals surface area contributed by atoms with Gasteiger partial charge in [-0.15, -0.1) is 0 Å². The summed E-state index contributed by atoms with van der Waals surface area (Å²) in [5.41, 5.74) is 0. The van der Waals surface area contributed by atoms with Gasteiger partial charge in [0.2, 0.25) is 0 Å². The van der Waals surface area contributed by atoms with Gasteiger partial charge in [-0.2, -0.15) is 0 Å². The molecule has 18 heavy (non-hydrogen) atoms. The van der Waals surface area contributed by atoms with Crippen LogP contribution in [0.5, 0.6) is 0 Å². The number of anilines is 1. The molecule has 1 N–H and O–H groups in total. The molecule has 1 aliphatic carbocycles. The quantitative estimate of drug-likeness (QED) is 0.920. The fraction of sp³-hybridized carbons (Fsp3) is 0.615. The van der Waals surface area contributed by atoms with Crippen LogP contribution in [0.2, 0.25) is 0 Å². The number of rotatable bonds is 4. The van der Waals surface area contributed by atoms with Crippen molar-refractivity contribution < 1.29 is 4.74 Å². The van der Waals surface area contributed by atoms with Gasteiger partial charge in [-0.05, 0) is 40.9 Å². The third kappa shape index (κ3) is 2.84. The summed E-state index contributed by atoms with van der Waals surface area (Å²) in [5, 5.41) is 3.58. The topological polar surface area (TPSA) is 37.4 Å². The van der Waals surface area contributed by atoms with E-state index < -0.39 is 0 Å². The number of hydrogen-bond acceptors (Lipinski definition) is 4. The molecule has 1 saturated carbocycles. The first kappa shape index (κ1) is 12.4. The monoisotopic (exact) mass is 311 g/mol. The Morgan fingerprint density at radius 3 is 3.17 bits per heavy atom. The Balaban J connectivity index is 1.71. The van der Waals surface area contributed by atoms with Crippen molar-refractivity contribution in [3.05, 3.63) is 22.8 Å². The number of nitrogens with one attached hydrogen (secondary N) is 1. The zero-order chi connectivity index (χ0) is 12.4. The summed E-state index contributed by atoms with van der Waals surface area (Å²) in [4.78, 5) is 6.84. The van der Waals surface area contributed by atoms with Crippen molar-refractivity contribution in [1.29, 1.82) is 0 Å². The molecule has 2 fully saturated rings. The number of morpholine rings is 1. The molecular formula is C13H18BrN3O. The molecule has 4 nitrogen and oxygen atoms in total. The van der Waals surface area contributed by atoms with Crippen LogP contribution in [0.25, 0.3) is 0 Å². The van der Waals surface area contributed by atoms with E-state index in [0.29, 0.717) is 6.04 Å². The lowest BCUT2D eigenvalue weighted by Gasteiger charge is -2.37. The van der Waals surface area contributed by atoms with Crippen LogP contribution in [0.1, 0.15) is 12.8 Å². The predicted molar refractivity (Wildman–Crippen MR) is 74.9 cm³/mol. The summed E-state index contributed by atoms with van der Waals surface area (Å²) in [6.07, 6.45) is 4.49. The minimum atomic E-state index is 0.380. The molecule has 1 aromatic heterocycles. The Hall–Kier alpha value is -0.650. The third-order valence-corrected chi connectivity index (χ3v) is 4.08. The Kier molecular flexibility index (Phi) is 3.82. The molecule has 3 rings (SSSR count). The van der Waals surface area contributed by atoms with Crippen LogP contribution < -0.4 is 10.2 Å². The Labute approximate surface area is 116 Å². The van der Waals surface area contributed by atoms with E-state index in [-0.39, 0.29) is 0 Å². The molecule has 0 radical (unpaired) electrons. The number of nitrogens with zero attached hydrogens (tertiary/aromatic N) is 2. The molecule has 0 amide bonds. The summed E-state index contributed by atoms with van der Waals surface area (Å²) >= 11 is 3.59. The fourth-order valence-electron chi connectivity index (χ4n) is 2.28. The van der Waals surface area contributed by atoms with Crippen LogP contribution in [0.15, 0.2) is 22.8 Å². The maximum Gasteiger partial charge on any atom is 0.143 e. The average molecular weight is 312 g/mol. The van der Waals surface area contributed by atoms with Crippen LogP contribution in [0, 0.1) is 0 Å². The number of halogens is 1. The highest BCUT2D eigenvalue weighted by atomic mass is 79.9. The maximum absolute atomic E-state index is 5.60. The average Bonchev–Trinajstić information content (AvgIpc) is 3.22. The zero-order valence-corrected chi connectivity index (χ0v) is 11.9. The maximum atomic E-state index is 5.60. The Bertz CT molecular complexity index is 411. The highest BCUT2D eigenvalue weighted by Gasteiger charge is 2.28. The second-order valence-electron chi connectivity index (χ2n) is 4.91. The highest BCUT2D eigenvalue weighted by molar-refractivity contribution is 9.10. The first-order valence-electron chi connectivity index (χ1n) is 6.53. The van der Waals surface area contributed by atoms with E-state index in [2.05, 4.69) is 31.1 Å². The summed E-state index contributed by atoms with van der Waals surface area (Å²) < 4.78 is 6.66. The molecule has 98 valence electrons. The van der Waals surface area contributed by atoms with E-state index in [9.17, 15) is 0 Å². The lowest BCUT2D eigenvalue weighted by atomic mass is 10.2. The molecule has 0 spiro atoms. The van der Waals surface area contributed by atoms with Crippen LogP contribution >= 0.6 is 15.9 Å². The molecule has 1 aliphatic heterocycles. The van der Waals surface area contributed by atoms with Crippen LogP contribution in [0.3, 0.4) is 0 Å². The number of pyridine rings is 1. The number of ether oxygens (including phenoxy) is 1. The molecular weight excluding hydrogens is 294 g/mol. The lowest BCUT2D eigenvalue weighted by Crippen LogP contribution is -2.51. The van der Waals surface area contributed by atoms with Gasteiger partial charge in [0.25, 0.3) is 0 Å². The van der Waals surface area contributed by atoms with Crippen molar-refractivity contribution in [3.8, 4) is 0 Å². The van der Waals surface area contributed by atoms with Crippen molar-refractivity contribution in [2.45, 2.75) is 24.9 Å². The van der Waals surface area contributed by atoms with Gasteiger partial charge in [0.05, 0.1) is 23.7 Å². The van der Waals surface area contributed by atoms with E-state index in [1.54, 1.807) is 0 Å². The molecule has 1 aromatic rings. The molecule has 0 aromatic carbocycles. The summed E-state index contributed by atoms with van der Waals surface area (Å²) in [7, 11) is 0. The standard InChI is InChI=1S/C13H18BrN3O/c14-12-2-1-5-15-13(12)17-6-7-18-9-11(17)8-16-10-3-4-10/h1-2,5,10-11,16H,3-4,6-9H2. The molecule has 0 bridgehead atoms. The van der Waals surface area contributed by atoms with Gasteiger partial charge in [0.15, 0.2) is 0 Å². The Morgan fingerprint density at radius 2 is 2.39 bits per heavy atom. The molecule has 1 saturated heterocycles. The second-order valence-corrected chi connectivity index (χ2v) is 5.77. The molecule has 1 unspecified atom stereocenters. The largest absolute Gasteiger partial charge is 0.377 e. The van der Waals surface area contributed by atoms with Gasteiger partial charge in [0.1, 0.15) is 5.82 Å². The zero-order valence-electron chi connectivity index (χ0n) is 10.3. The van der Waals surface area contributed by atoms with Crippen molar-refractivity contribution in [2.24, 2.45) is 0 Å². The minimum absolute atomic E-state index is 0.380. The number of aromatic nitrogens is 1. The lowest BCUT2D eigenvalue weighted by molar-refractivity contribution is 0.0931. The van der Waals surface area contributed by atoms with Crippen molar-refractivity contribution >= 4 is 21.7 Å². The highest BCUT2D eigenvalue weighted by Crippen LogP contribution is 2.26. The van der Waals surface area contributed by atoms with Gasteiger partial charge in [-0.3, -0.25) is 0 Å². The van der Waals surface area contributed by atoms with Gasteiger partial charge < -0.3 is 15.0 Å². The SMILES string of the molecule is Brc1cccnc1N1CCOCC1CNC1CC1. The molecule has 2 heterocycles. The second kappa shape index (κ2) is 5.55. The van der Waals surface area contributed by atoms with Gasteiger partial charge in [-0.1, -0.05) is 0 Å². The van der Waals surface area contributed by atoms with Gasteiger partial charge >= 0.3 is 0 Å². The molecule has 2 aliphatic rings. The van der Waals surface area contributed by atoms with Crippen LogP contribution in [0.4, 0.5) is 5.82 Å². The first-order valence-corrected chi connectivity index (χ1v) is 7.32. The van der Waals surface area contributed by atoms with E-state index >= 15 is 0 Å². The van der Waals surface area contributed by atoms with Gasteiger partial charge in [-0.25, -0.2) is 4.98 Å². The van der Waals surface area contributed by atoms with Crippen LogP contribution in [-0.2, 0) is 4.74 Å². The van der Waals surface area contributed by atoms with E-state index in [1.165, 1.54) is 12.8 Å². The van der Waals surface area contributed by atoms with E-state index in [1.807, 2.05) is 18.3 Å². The van der Waals surface area contributed by atoms with Crippen molar-refractivity contribution in [2.75, 3.05) is 31.2 Å². The van der Waals surface area contributed by atoms with Gasteiger partial charge in [0, 0.05) is 25.3 Å².